The van der Waals surface area contributed by atoms with Crippen molar-refractivity contribution >= 4 is 21.5 Å². The quantitative estimate of drug-likeness (QED) is 0.411. The molecule has 0 saturated heterocycles. The first-order valence-electron chi connectivity index (χ1n) is 6.99. The fourth-order valence-corrected chi connectivity index (χ4v) is 2.94. The van der Waals surface area contributed by atoms with Crippen molar-refractivity contribution in [3.05, 3.63) is 84.7 Å². The largest absolute Gasteiger partial charge is 0.207 e. The summed E-state index contributed by atoms with van der Waals surface area (Å²) in [5, 5.41) is 4.40. The molecule has 0 bridgehead atoms. The normalized spacial score (nSPS) is 11.1. The third kappa shape index (κ3) is 1.98. The van der Waals surface area contributed by atoms with Gasteiger partial charge in [-0.1, -0.05) is 66.7 Å². The highest BCUT2D eigenvalue weighted by molar-refractivity contribution is 6.05. The van der Waals surface area contributed by atoms with E-state index in [4.69, 9.17) is 0 Å². The summed E-state index contributed by atoms with van der Waals surface area (Å²) in [5.74, 6) is -0.199. The third-order valence-corrected chi connectivity index (χ3v) is 3.92. The first kappa shape index (κ1) is 12.1. The number of benzene rings is 4. The van der Waals surface area contributed by atoms with E-state index < -0.39 is 0 Å². The van der Waals surface area contributed by atoms with Crippen molar-refractivity contribution in [1.29, 1.82) is 0 Å². The maximum atomic E-state index is 13.6. The second kappa shape index (κ2) is 4.71. The SMILES string of the molecule is Fc1ccc2cccc(-c3cccc4ccccc34)c2c1. The van der Waals surface area contributed by atoms with Gasteiger partial charge in [0, 0.05) is 0 Å². The molecular formula is C20H13F. The van der Waals surface area contributed by atoms with E-state index in [1.54, 1.807) is 6.07 Å². The van der Waals surface area contributed by atoms with Gasteiger partial charge in [-0.3, -0.25) is 0 Å². The number of halogens is 1. The molecule has 100 valence electrons. The molecule has 0 saturated carbocycles. The van der Waals surface area contributed by atoms with Gasteiger partial charge in [0.25, 0.3) is 0 Å². The molecule has 0 spiro atoms. The van der Waals surface area contributed by atoms with E-state index >= 15 is 0 Å². The minimum absolute atomic E-state index is 0.199. The summed E-state index contributed by atoms with van der Waals surface area (Å²) >= 11 is 0. The average Bonchev–Trinajstić information content (AvgIpc) is 2.54. The van der Waals surface area contributed by atoms with E-state index in [0.717, 1.165) is 21.9 Å². The molecule has 0 unspecified atom stereocenters. The molecule has 0 aliphatic carbocycles. The predicted molar refractivity (Wildman–Crippen MR) is 86.8 cm³/mol. The summed E-state index contributed by atoms with van der Waals surface area (Å²) in [4.78, 5) is 0. The van der Waals surface area contributed by atoms with Crippen LogP contribution in [0.5, 0.6) is 0 Å². The summed E-state index contributed by atoms with van der Waals surface area (Å²) < 4.78 is 13.6. The molecule has 0 atom stereocenters. The zero-order valence-electron chi connectivity index (χ0n) is 11.4. The molecule has 0 nitrogen and oxygen atoms in total. The molecule has 0 radical (unpaired) electrons. The van der Waals surface area contributed by atoms with Crippen LogP contribution in [-0.2, 0) is 0 Å². The first-order chi connectivity index (χ1) is 10.3. The molecule has 4 aromatic rings. The Morgan fingerprint density at radius 3 is 1.95 bits per heavy atom. The van der Waals surface area contributed by atoms with Crippen molar-refractivity contribution in [2.75, 3.05) is 0 Å². The standard InChI is InChI=1S/C20H13F/c21-16-12-11-15-7-4-10-19(20(15)13-16)18-9-3-6-14-5-1-2-8-17(14)18/h1-13H. The van der Waals surface area contributed by atoms with Crippen molar-refractivity contribution in [2.24, 2.45) is 0 Å². The second-order valence-corrected chi connectivity index (χ2v) is 5.20. The maximum absolute atomic E-state index is 13.6. The summed E-state index contributed by atoms with van der Waals surface area (Å²) in [6, 6.07) is 25.6. The lowest BCUT2D eigenvalue weighted by Gasteiger charge is -2.10. The topological polar surface area (TPSA) is 0 Å². The van der Waals surface area contributed by atoms with E-state index in [1.807, 2.05) is 30.3 Å². The lowest BCUT2D eigenvalue weighted by molar-refractivity contribution is 0.630. The zero-order chi connectivity index (χ0) is 14.2. The number of rotatable bonds is 1. The molecule has 0 fully saturated rings. The zero-order valence-corrected chi connectivity index (χ0v) is 11.4. The summed E-state index contributed by atoms with van der Waals surface area (Å²) in [7, 11) is 0. The van der Waals surface area contributed by atoms with E-state index in [1.165, 1.54) is 16.8 Å². The third-order valence-electron chi connectivity index (χ3n) is 3.92. The van der Waals surface area contributed by atoms with Gasteiger partial charge in [-0.05, 0) is 44.8 Å². The predicted octanol–water partition coefficient (Wildman–Crippen LogP) is 5.80. The molecular weight excluding hydrogens is 259 g/mol. The van der Waals surface area contributed by atoms with E-state index in [-0.39, 0.29) is 5.82 Å². The van der Waals surface area contributed by atoms with E-state index in [2.05, 4.69) is 36.4 Å². The Morgan fingerprint density at radius 2 is 1.14 bits per heavy atom. The van der Waals surface area contributed by atoms with Crippen molar-refractivity contribution in [3.8, 4) is 11.1 Å². The van der Waals surface area contributed by atoms with Crippen LogP contribution in [-0.4, -0.2) is 0 Å². The molecule has 4 rings (SSSR count). The Bertz CT molecular complexity index is 949. The van der Waals surface area contributed by atoms with Gasteiger partial charge in [0.2, 0.25) is 0 Å². The Hall–Kier alpha value is -2.67. The number of hydrogen-bond acceptors (Lipinski definition) is 0. The smallest absolute Gasteiger partial charge is 0.123 e. The maximum Gasteiger partial charge on any atom is 0.123 e. The van der Waals surface area contributed by atoms with Crippen LogP contribution < -0.4 is 0 Å². The minimum Gasteiger partial charge on any atom is -0.207 e. The first-order valence-corrected chi connectivity index (χ1v) is 6.99. The van der Waals surface area contributed by atoms with Gasteiger partial charge >= 0.3 is 0 Å². The molecule has 0 heterocycles. The highest BCUT2D eigenvalue weighted by Gasteiger charge is 2.07. The fourth-order valence-electron chi connectivity index (χ4n) is 2.94. The lowest BCUT2D eigenvalue weighted by atomic mass is 9.94. The van der Waals surface area contributed by atoms with Gasteiger partial charge in [0.05, 0.1) is 0 Å². The van der Waals surface area contributed by atoms with Crippen molar-refractivity contribution in [3.63, 3.8) is 0 Å². The number of hydrogen-bond donors (Lipinski definition) is 0. The summed E-state index contributed by atoms with van der Waals surface area (Å²) in [6.45, 7) is 0. The van der Waals surface area contributed by atoms with Gasteiger partial charge < -0.3 is 0 Å². The summed E-state index contributed by atoms with van der Waals surface area (Å²) in [6.07, 6.45) is 0. The Balaban J connectivity index is 2.12. The monoisotopic (exact) mass is 272 g/mol. The van der Waals surface area contributed by atoms with E-state index in [9.17, 15) is 4.39 Å². The molecule has 4 aromatic carbocycles. The highest BCUT2D eigenvalue weighted by atomic mass is 19.1. The van der Waals surface area contributed by atoms with Crippen molar-refractivity contribution in [2.45, 2.75) is 0 Å². The average molecular weight is 272 g/mol. The van der Waals surface area contributed by atoms with Gasteiger partial charge in [-0.15, -0.1) is 0 Å². The van der Waals surface area contributed by atoms with Crippen LogP contribution in [0.4, 0.5) is 4.39 Å². The minimum atomic E-state index is -0.199. The lowest BCUT2D eigenvalue weighted by Crippen LogP contribution is -1.85. The molecule has 0 aliphatic heterocycles. The molecule has 0 aromatic heterocycles. The van der Waals surface area contributed by atoms with Gasteiger partial charge in [-0.2, -0.15) is 0 Å². The summed E-state index contributed by atoms with van der Waals surface area (Å²) in [5.41, 5.74) is 2.22. The Morgan fingerprint density at radius 1 is 0.524 bits per heavy atom. The van der Waals surface area contributed by atoms with Crippen LogP contribution in [0.3, 0.4) is 0 Å². The van der Waals surface area contributed by atoms with Gasteiger partial charge in [-0.25, -0.2) is 4.39 Å². The highest BCUT2D eigenvalue weighted by Crippen LogP contribution is 2.33. The van der Waals surface area contributed by atoms with Crippen LogP contribution in [0.15, 0.2) is 78.9 Å². The second-order valence-electron chi connectivity index (χ2n) is 5.20. The molecule has 21 heavy (non-hydrogen) atoms. The van der Waals surface area contributed by atoms with Crippen molar-refractivity contribution < 1.29 is 4.39 Å². The van der Waals surface area contributed by atoms with Crippen LogP contribution in [0.25, 0.3) is 32.7 Å². The van der Waals surface area contributed by atoms with Gasteiger partial charge in [0.15, 0.2) is 0 Å². The van der Waals surface area contributed by atoms with E-state index in [0.29, 0.717) is 0 Å². The van der Waals surface area contributed by atoms with Crippen LogP contribution in [0.1, 0.15) is 0 Å². The van der Waals surface area contributed by atoms with Gasteiger partial charge in [0.1, 0.15) is 5.82 Å². The van der Waals surface area contributed by atoms with Crippen molar-refractivity contribution in [1.82, 2.24) is 0 Å². The molecule has 1 heteroatoms. The molecule has 0 N–H and O–H groups in total. The molecule has 0 amide bonds. The Kier molecular flexibility index (Phi) is 2.71. The number of fused-ring (bicyclic) bond motifs is 2. The van der Waals surface area contributed by atoms with Crippen LogP contribution in [0.2, 0.25) is 0 Å². The van der Waals surface area contributed by atoms with Crippen LogP contribution in [0, 0.1) is 5.82 Å². The molecule has 0 aliphatic rings. The Labute approximate surface area is 122 Å². The fraction of sp³-hybridized carbons (Fsp3) is 0. The van der Waals surface area contributed by atoms with Crippen LogP contribution >= 0.6 is 0 Å².